The summed E-state index contributed by atoms with van der Waals surface area (Å²) in [6, 6.07) is 4.45. The largest absolute Gasteiger partial charge is 0.417 e. The Hall–Kier alpha value is -2.30. The van der Waals surface area contributed by atoms with E-state index in [-0.39, 0.29) is 24.6 Å². The van der Waals surface area contributed by atoms with E-state index in [1.807, 2.05) is 0 Å². The third kappa shape index (κ3) is 5.24. The van der Waals surface area contributed by atoms with Crippen LogP contribution in [0.5, 0.6) is 0 Å². The SMILES string of the molecule is Cc1ccc(Br)c(C(=O)N2CCC(F)(F)CC2CNc2ccc(C(F)(F)F)cn2)n1. The van der Waals surface area contributed by atoms with Gasteiger partial charge in [0.1, 0.15) is 11.5 Å². The fourth-order valence-electron chi connectivity index (χ4n) is 3.19. The summed E-state index contributed by atoms with van der Waals surface area (Å²) in [5.74, 6) is -3.35. The van der Waals surface area contributed by atoms with Gasteiger partial charge in [-0.3, -0.25) is 4.79 Å². The number of carbonyl (C=O) groups is 1. The maximum Gasteiger partial charge on any atom is 0.417 e. The molecule has 0 bridgehead atoms. The highest BCUT2D eigenvalue weighted by Crippen LogP contribution is 2.33. The molecule has 2 aromatic heterocycles. The molecule has 162 valence electrons. The summed E-state index contributed by atoms with van der Waals surface area (Å²) < 4.78 is 66.4. The molecule has 0 spiro atoms. The van der Waals surface area contributed by atoms with Crippen LogP contribution in [0.3, 0.4) is 0 Å². The van der Waals surface area contributed by atoms with E-state index in [0.29, 0.717) is 16.4 Å². The second-order valence-electron chi connectivity index (χ2n) is 7.06. The summed E-state index contributed by atoms with van der Waals surface area (Å²) in [5.41, 5.74) is -0.185. The van der Waals surface area contributed by atoms with Gasteiger partial charge in [-0.25, -0.2) is 18.7 Å². The number of hydrogen-bond acceptors (Lipinski definition) is 4. The summed E-state index contributed by atoms with van der Waals surface area (Å²) in [6.07, 6.45) is -4.91. The third-order valence-electron chi connectivity index (χ3n) is 4.75. The van der Waals surface area contributed by atoms with Crippen LogP contribution in [-0.4, -0.2) is 45.8 Å². The molecule has 0 radical (unpaired) electrons. The zero-order valence-corrected chi connectivity index (χ0v) is 17.4. The number of rotatable bonds is 4. The van der Waals surface area contributed by atoms with Gasteiger partial charge < -0.3 is 10.2 Å². The number of anilines is 1. The average molecular weight is 493 g/mol. The lowest BCUT2D eigenvalue weighted by Gasteiger charge is -2.39. The molecule has 3 heterocycles. The molecule has 0 aromatic carbocycles. The molecule has 5 nitrogen and oxygen atoms in total. The molecule has 0 saturated carbocycles. The van der Waals surface area contributed by atoms with Crippen LogP contribution in [0.25, 0.3) is 0 Å². The minimum Gasteiger partial charge on any atom is -0.368 e. The smallest absolute Gasteiger partial charge is 0.368 e. The Bertz CT molecular complexity index is 920. The Morgan fingerprint density at radius 1 is 1.30 bits per heavy atom. The Morgan fingerprint density at radius 3 is 2.67 bits per heavy atom. The lowest BCUT2D eigenvalue weighted by molar-refractivity contribution is -0.137. The number of piperidine rings is 1. The summed E-state index contributed by atoms with van der Waals surface area (Å²) in [5, 5.41) is 2.76. The number of likely N-dealkylation sites (tertiary alicyclic amines) is 1. The maximum absolute atomic E-state index is 14.0. The first kappa shape index (κ1) is 22.4. The molecule has 3 rings (SSSR count). The average Bonchev–Trinajstić information content (AvgIpc) is 2.67. The third-order valence-corrected chi connectivity index (χ3v) is 5.39. The number of aryl methyl sites for hydroxylation is 1. The predicted molar refractivity (Wildman–Crippen MR) is 103 cm³/mol. The van der Waals surface area contributed by atoms with Crippen LogP contribution in [-0.2, 0) is 6.18 Å². The van der Waals surface area contributed by atoms with Crippen LogP contribution in [0, 0.1) is 6.92 Å². The molecular formula is C19H18BrF5N4O. The van der Waals surface area contributed by atoms with Gasteiger partial charge in [-0.15, -0.1) is 0 Å². The second kappa shape index (κ2) is 8.44. The molecule has 1 N–H and O–H groups in total. The van der Waals surface area contributed by atoms with Crippen molar-refractivity contribution in [2.45, 2.75) is 37.9 Å². The minimum absolute atomic E-state index is 0.0941. The molecule has 1 aliphatic rings. The monoisotopic (exact) mass is 492 g/mol. The van der Waals surface area contributed by atoms with E-state index < -0.39 is 42.5 Å². The Labute approximate surface area is 177 Å². The normalized spacial score (nSPS) is 18.9. The molecule has 1 unspecified atom stereocenters. The van der Waals surface area contributed by atoms with E-state index in [0.717, 1.165) is 12.1 Å². The van der Waals surface area contributed by atoms with Gasteiger partial charge in [-0.1, -0.05) is 0 Å². The van der Waals surface area contributed by atoms with Crippen LogP contribution in [0.4, 0.5) is 27.8 Å². The highest BCUT2D eigenvalue weighted by atomic mass is 79.9. The maximum atomic E-state index is 14.0. The van der Waals surface area contributed by atoms with Crippen LogP contribution in [0.15, 0.2) is 34.9 Å². The number of carbonyl (C=O) groups excluding carboxylic acids is 1. The van der Waals surface area contributed by atoms with Gasteiger partial charge in [-0.2, -0.15) is 13.2 Å². The van der Waals surface area contributed by atoms with Crippen molar-refractivity contribution in [2.75, 3.05) is 18.4 Å². The first-order chi connectivity index (χ1) is 14.0. The van der Waals surface area contributed by atoms with Gasteiger partial charge in [0.25, 0.3) is 11.8 Å². The lowest BCUT2D eigenvalue weighted by atomic mass is 9.97. The number of hydrogen-bond donors (Lipinski definition) is 1. The van der Waals surface area contributed by atoms with E-state index in [2.05, 4.69) is 31.2 Å². The number of halogens is 6. The highest BCUT2D eigenvalue weighted by Gasteiger charge is 2.42. The first-order valence-electron chi connectivity index (χ1n) is 9.05. The van der Waals surface area contributed by atoms with Crippen LogP contribution < -0.4 is 5.32 Å². The fourth-order valence-corrected chi connectivity index (χ4v) is 3.58. The number of alkyl halides is 5. The lowest BCUT2D eigenvalue weighted by Crippen LogP contribution is -2.52. The van der Waals surface area contributed by atoms with Crippen molar-refractivity contribution in [3.8, 4) is 0 Å². The van der Waals surface area contributed by atoms with Crippen LogP contribution >= 0.6 is 15.9 Å². The van der Waals surface area contributed by atoms with Gasteiger partial charge in [0.2, 0.25) is 0 Å². The number of amides is 1. The Morgan fingerprint density at radius 2 is 2.03 bits per heavy atom. The molecule has 30 heavy (non-hydrogen) atoms. The molecule has 1 atom stereocenters. The van der Waals surface area contributed by atoms with E-state index in [9.17, 15) is 26.7 Å². The number of nitrogens with zero attached hydrogens (tertiary/aromatic N) is 3. The molecule has 0 aliphatic carbocycles. The summed E-state index contributed by atoms with van der Waals surface area (Å²) >= 11 is 3.26. The van der Waals surface area contributed by atoms with Crippen molar-refractivity contribution in [1.82, 2.24) is 14.9 Å². The minimum atomic E-state index is -4.52. The Balaban J connectivity index is 1.77. The van der Waals surface area contributed by atoms with Crippen molar-refractivity contribution in [2.24, 2.45) is 0 Å². The summed E-state index contributed by atoms with van der Waals surface area (Å²) in [4.78, 5) is 22.2. The first-order valence-corrected chi connectivity index (χ1v) is 9.85. The van der Waals surface area contributed by atoms with E-state index in [1.165, 1.54) is 4.90 Å². The topological polar surface area (TPSA) is 58.1 Å². The number of aromatic nitrogens is 2. The predicted octanol–water partition coefficient (Wildman–Crippen LogP) is 4.92. The Kier molecular flexibility index (Phi) is 6.30. The second-order valence-corrected chi connectivity index (χ2v) is 7.91. The zero-order chi connectivity index (χ0) is 22.1. The number of pyridine rings is 2. The number of nitrogens with one attached hydrogen (secondary N) is 1. The van der Waals surface area contributed by atoms with E-state index >= 15 is 0 Å². The van der Waals surface area contributed by atoms with E-state index in [1.54, 1.807) is 19.1 Å². The van der Waals surface area contributed by atoms with Crippen molar-refractivity contribution in [3.63, 3.8) is 0 Å². The van der Waals surface area contributed by atoms with Gasteiger partial charge in [0.15, 0.2) is 0 Å². The fraction of sp³-hybridized carbons (Fsp3) is 0.421. The van der Waals surface area contributed by atoms with Gasteiger partial charge in [0.05, 0.1) is 11.6 Å². The van der Waals surface area contributed by atoms with Crippen molar-refractivity contribution >= 4 is 27.7 Å². The van der Waals surface area contributed by atoms with Crippen LogP contribution in [0.2, 0.25) is 0 Å². The van der Waals surface area contributed by atoms with Gasteiger partial charge in [-0.05, 0) is 47.1 Å². The molecule has 1 amide bonds. The van der Waals surface area contributed by atoms with Gasteiger partial charge in [0, 0.05) is 42.3 Å². The van der Waals surface area contributed by atoms with Crippen molar-refractivity contribution in [3.05, 3.63) is 51.9 Å². The van der Waals surface area contributed by atoms with Crippen LogP contribution in [0.1, 0.15) is 34.6 Å². The molecule has 1 saturated heterocycles. The standard InChI is InChI=1S/C19H18BrF5N4O/c1-11-2-4-14(20)16(28-11)17(30)29-7-6-18(21,22)8-13(29)10-27-15-5-3-12(9-26-15)19(23,24)25/h2-5,9,13H,6-8,10H2,1H3,(H,26,27). The zero-order valence-electron chi connectivity index (χ0n) is 15.8. The van der Waals surface area contributed by atoms with Crippen molar-refractivity contribution < 1.29 is 26.7 Å². The highest BCUT2D eigenvalue weighted by molar-refractivity contribution is 9.10. The molecule has 2 aromatic rings. The molecule has 1 aliphatic heterocycles. The molecule has 1 fully saturated rings. The van der Waals surface area contributed by atoms with E-state index in [4.69, 9.17) is 0 Å². The summed E-state index contributed by atoms with van der Waals surface area (Å²) in [6.45, 7) is 1.45. The van der Waals surface area contributed by atoms with Gasteiger partial charge >= 0.3 is 6.18 Å². The van der Waals surface area contributed by atoms with Crippen molar-refractivity contribution in [1.29, 1.82) is 0 Å². The quantitative estimate of drug-likeness (QED) is 0.615. The summed E-state index contributed by atoms with van der Waals surface area (Å²) in [7, 11) is 0. The molecule has 11 heteroatoms. The molecular weight excluding hydrogens is 475 g/mol.